The van der Waals surface area contributed by atoms with Crippen molar-refractivity contribution >= 4 is 5.69 Å². The Morgan fingerprint density at radius 2 is 1.95 bits per heavy atom. The van der Waals surface area contributed by atoms with E-state index in [0.29, 0.717) is 24.5 Å². The van der Waals surface area contributed by atoms with Crippen LogP contribution in [0.4, 0.5) is 10.1 Å². The van der Waals surface area contributed by atoms with Gasteiger partial charge in [-0.1, -0.05) is 25.8 Å². The molecule has 0 aliphatic heterocycles. The smallest absolute Gasteiger partial charge is 0.129 e. The second-order valence-electron chi connectivity index (χ2n) is 6.83. The summed E-state index contributed by atoms with van der Waals surface area (Å²) < 4.78 is 14.3. The summed E-state index contributed by atoms with van der Waals surface area (Å²) in [4.78, 5) is 2.33. The molecular weight excluding hydrogens is 263 g/mol. The minimum Gasteiger partial charge on any atom is -0.371 e. The molecule has 2 nitrogen and oxygen atoms in total. The molecule has 0 aromatic heterocycles. The Bertz CT molecular complexity index is 484. The highest BCUT2D eigenvalue weighted by Crippen LogP contribution is 2.33. The van der Waals surface area contributed by atoms with E-state index in [0.717, 1.165) is 11.3 Å². The fourth-order valence-electron chi connectivity index (χ4n) is 3.64. The summed E-state index contributed by atoms with van der Waals surface area (Å²) in [6.07, 6.45) is 7.62. The molecule has 1 N–H and O–H groups in total. The molecule has 2 saturated carbocycles. The topological polar surface area (TPSA) is 15.3 Å². The summed E-state index contributed by atoms with van der Waals surface area (Å²) >= 11 is 0. The Labute approximate surface area is 127 Å². The molecule has 2 aliphatic rings. The van der Waals surface area contributed by atoms with Crippen molar-refractivity contribution in [1.82, 2.24) is 5.32 Å². The summed E-state index contributed by atoms with van der Waals surface area (Å²) in [6.45, 7) is 2.99. The van der Waals surface area contributed by atoms with Gasteiger partial charge in [-0.15, -0.1) is 0 Å². The third kappa shape index (κ3) is 3.39. The third-order valence-electron chi connectivity index (χ3n) is 5.18. The Morgan fingerprint density at radius 1 is 1.19 bits per heavy atom. The second kappa shape index (κ2) is 6.35. The van der Waals surface area contributed by atoms with Crippen molar-refractivity contribution in [2.24, 2.45) is 5.92 Å². The predicted molar refractivity (Wildman–Crippen MR) is 86.1 cm³/mol. The summed E-state index contributed by atoms with van der Waals surface area (Å²) in [6, 6.07) is 6.66. The molecule has 2 unspecified atom stereocenters. The first kappa shape index (κ1) is 14.8. The summed E-state index contributed by atoms with van der Waals surface area (Å²) in [5.74, 6) is 0.618. The van der Waals surface area contributed by atoms with E-state index in [2.05, 4.69) is 30.3 Å². The number of nitrogens with one attached hydrogen (secondary N) is 1. The predicted octanol–water partition coefficient (Wildman–Crippen LogP) is 4.09. The van der Waals surface area contributed by atoms with Crippen LogP contribution in [0.15, 0.2) is 18.2 Å². The maximum Gasteiger partial charge on any atom is 0.129 e. The molecule has 3 rings (SSSR count). The molecule has 0 saturated heterocycles. The molecule has 2 aliphatic carbocycles. The lowest BCUT2D eigenvalue weighted by Crippen LogP contribution is -2.39. The Balaban J connectivity index is 1.80. The van der Waals surface area contributed by atoms with Crippen LogP contribution in [-0.2, 0) is 6.54 Å². The van der Waals surface area contributed by atoms with Crippen molar-refractivity contribution in [3.8, 4) is 0 Å². The van der Waals surface area contributed by atoms with Gasteiger partial charge in [0, 0.05) is 36.9 Å². The molecule has 1 aromatic rings. The molecule has 0 heterocycles. The maximum atomic E-state index is 14.3. The first-order valence-electron chi connectivity index (χ1n) is 8.40. The van der Waals surface area contributed by atoms with Gasteiger partial charge in [-0.25, -0.2) is 4.39 Å². The zero-order valence-corrected chi connectivity index (χ0v) is 13.2. The first-order valence-corrected chi connectivity index (χ1v) is 8.40. The van der Waals surface area contributed by atoms with Crippen molar-refractivity contribution in [2.45, 2.75) is 64.1 Å². The van der Waals surface area contributed by atoms with E-state index in [9.17, 15) is 4.39 Å². The zero-order valence-electron chi connectivity index (χ0n) is 13.2. The second-order valence-corrected chi connectivity index (χ2v) is 6.83. The third-order valence-corrected chi connectivity index (χ3v) is 5.18. The summed E-state index contributed by atoms with van der Waals surface area (Å²) in [7, 11) is 2.14. The lowest BCUT2D eigenvalue weighted by Gasteiger charge is -2.38. The monoisotopic (exact) mass is 290 g/mol. The first-order chi connectivity index (χ1) is 10.2. The van der Waals surface area contributed by atoms with Gasteiger partial charge in [0.2, 0.25) is 0 Å². The van der Waals surface area contributed by atoms with Crippen LogP contribution in [0, 0.1) is 11.7 Å². The molecule has 3 heteroatoms. The highest BCUT2D eigenvalue weighted by atomic mass is 19.1. The van der Waals surface area contributed by atoms with Gasteiger partial charge in [0.05, 0.1) is 0 Å². The van der Waals surface area contributed by atoms with Crippen molar-refractivity contribution in [1.29, 1.82) is 0 Å². The highest BCUT2D eigenvalue weighted by molar-refractivity contribution is 5.54. The van der Waals surface area contributed by atoms with Gasteiger partial charge in [0.15, 0.2) is 0 Å². The van der Waals surface area contributed by atoms with E-state index in [1.54, 1.807) is 6.07 Å². The van der Waals surface area contributed by atoms with Gasteiger partial charge >= 0.3 is 0 Å². The lowest BCUT2D eigenvalue weighted by molar-refractivity contribution is 0.321. The average Bonchev–Trinajstić information content (AvgIpc) is 3.30. The Hall–Kier alpha value is -1.09. The summed E-state index contributed by atoms with van der Waals surface area (Å²) in [5.41, 5.74) is 1.91. The molecule has 1 aromatic carbocycles. The van der Waals surface area contributed by atoms with E-state index < -0.39 is 0 Å². The highest BCUT2D eigenvalue weighted by Gasteiger charge is 2.27. The number of halogens is 1. The fraction of sp³-hybridized carbons (Fsp3) is 0.667. The standard InChI is InChI=1S/C18H27FN2/c1-13-6-3-4-8-17(13)21(2)18-9-5-7-16(19)15(18)12-20-14-10-11-14/h5,7,9,13-14,17,20H,3-4,6,8,10-12H2,1-2H3. The normalized spacial score (nSPS) is 25.9. The van der Waals surface area contributed by atoms with Gasteiger partial charge in [0.25, 0.3) is 0 Å². The number of benzene rings is 1. The Morgan fingerprint density at radius 3 is 2.67 bits per heavy atom. The molecule has 2 atom stereocenters. The van der Waals surface area contributed by atoms with Crippen molar-refractivity contribution < 1.29 is 4.39 Å². The summed E-state index contributed by atoms with van der Waals surface area (Å²) in [5, 5.41) is 3.46. The van der Waals surface area contributed by atoms with E-state index in [1.165, 1.54) is 38.5 Å². The molecule has 116 valence electrons. The molecule has 0 radical (unpaired) electrons. The van der Waals surface area contributed by atoms with Crippen LogP contribution in [0.5, 0.6) is 0 Å². The van der Waals surface area contributed by atoms with Crippen LogP contribution in [0.2, 0.25) is 0 Å². The van der Waals surface area contributed by atoms with Gasteiger partial charge < -0.3 is 10.2 Å². The van der Waals surface area contributed by atoms with Gasteiger partial charge in [0.1, 0.15) is 5.82 Å². The Kier molecular flexibility index (Phi) is 4.48. The van der Waals surface area contributed by atoms with E-state index in [1.807, 2.05) is 6.07 Å². The molecule has 2 fully saturated rings. The number of hydrogen-bond donors (Lipinski definition) is 1. The molecule has 21 heavy (non-hydrogen) atoms. The molecule has 0 spiro atoms. The van der Waals surface area contributed by atoms with E-state index >= 15 is 0 Å². The van der Waals surface area contributed by atoms with Crippen LogP contribution >= 0.6 is 0 Å². The van der Waals surface area contributed by atoms with Crippen molar-refractivity contribution in [2.75, 3.05) is 11.9 Å². The molecular formula is C18H27FN2. The quantitative estimate of drug-likeness (QED) is 0.878. The molecule has 0 amide bonds. The van der Waals surface area contributed by atoms with Crippen LogP contribution < -0.4 is 10.2 Å². The van der Waals surface area contributed by atoms with E-state index in [4.69, 9.17) is 0 Å². The number of nitrogens with zero attached hydrogens (tertiary/aromatic N) is 1. The fourth-order valence-corrected chi connectivity index (χ4v) is 3.64. The molecule has 0 bridgehead atoms. The van der Waals surface area contributed by atoms with Crippen molar-refractivity contribution in [3.05, 3.63) is 29.6 Å². The van der Waals surface area contributed by atoms with Crippen LogP contribution in [-0.4, -0.2) is 19.1 Å². The minimum absolute atomic E-state index is 0.0732. The number of rotatable bonds is 5. The van der Waals surface area contributed by atoms with Gasteiger partial charge in [-0.2, -0.15) is 0 Å². The zero-order chi connectivity index (χ0) is 14.8. The number of anilines is 1. The minimum atomic E-state index is -0.0732. The largest absolute Gasteiger partial charge is 0.371 e. The van der Waals surface area contributed by atoms with Gasteiger partial charge in [-0.05, 0) is 43.7 Å². The average molecular weight is 290 g/mol. The number of hydrogen-bond acceptors (Lipinski definition) is 2. The SMILES string of the molecule is CC1CCCCC1N(C)c1cccc(F)c1CNC1CC1. The van der Waals surface area contributed by atoms with E-state index in [-0.39, 0.29) is 5.82 Å². The lowest BCUT2D eigenvalue weighted by atomic mass is 9.84. The van der Waals surface area contributed by atoms with Crippen molar-refractivity contribution in [3.63, 3.8) is 0 Å². The van der Waals surface area contributed by atoms with Crippen LogP contribution in [0.25, 0.3) is 0 Å². The maximum absolute atomic E-state index is 14.3. The van der Waals surface area contributed by atoms with Gasteiger partial charge in [-0.3, -0.25) is 0 Å². The van der Waals surface area contributed by atoms with Crippen LogP contribution in [0.3, 0.4) is 0 Å². The van der Waals surface area contributed by atoms with Crippen LogP contribution in [0.1, 0.15) is 51.0 Å².